The summed E-state index contributed by atoms with van der Waals surface area (Å²) in [6, 6.07) is 19.4. The first-order chi connectivity index (χ1) is 21.9. The lowest BCUT2D eigenvalue weighted by molar-refractivity contribution is -0.138. The molecule has 0 saturated heterocycles. The Kier molecular flexibility index (Phi) is 10.1. The average Bonchev–Trinajstić information content (AvgIpc) is 3.04. The third-order valence-corrected chi connectivity index (χ3v) is 8.01. The van der Waals surface area contributed by atoms with Crippen molar-refractivity contribution in [3.63, 3.8) is 0 Å². The van der Waals surface area contributed by atoms with Gasteiger partial charge in [-0.25, -0.2) is 0 Å². The number of benzene rings is 2. The van der Waals surface area contributed by atoms with Gasteiger partial charge in [0.15, 0.2) is 0 Å². The van der Waals surface area contributed by atoms with Crippen LogP contribution >= 0.6 is 0 Å². The van der Waals surface area contributed by atoms with Crippen molar-refractivity contribution in [1.82, 2.24) is 14.9 Å². The van der Waals surface area contributed by atoms with Crippen molar-refractivity contribution < 1.29 is 19.8 Å². The number of pyridine rings is 2. The maximum absolute atomic E-state index is 13.0. The molecule has 0 atom stereocenters. The minimum atomic E-state index is -0.822. The van der Waals surface area contributed by atoms with E-state index < -0.39 is 5.97 Å². The molecule has 9 nitrogen and oxygen atoms in total. The number of rotatable bonds is 11. The number of aromatic nitrogens is 2. The molecule has 1 aliphatic rings. The van der Waals surface area contributed by atoms with E-state index in [4.69, 9.17) is 10.2 Å². The van der Waals surface area contributed by atoms with Gasteiger partial charge in [0.05, 0.1) is 17.8 Å². The number of hydrogen-bond donors (Lipinski definition) is 3. The molecule has 4 aromatic rings. The van der Waals surface area contributed by atoms with Gasteiger partial charge in [-0.3, -0.25) is 24.5 Å². The van der Waals surface area contributed by atoms with E-state index in [1.165, 1.54) is 5.56 Å². The summed E-state index contributed by atoms with van der Waals surface area (Å²) in [5.41, 5.74) is 8.56. The van der Waals surface area contributed by atoms with E-state index in [-0.39, 0.29) is 19.1 Å². The molecule has 1 amide bonds. The van der Waals surface area contributed by atoms with Gasteiger partial charge in [-0.1, -0.05) is 42.5 Å². The van der Waals surface area contributed by atoms with Gasteiger partial charge in [0.25, 0.3) is 5.91 Å². The lowest BCUT2D eigenvalue weighted by atomic mass is 9.94. The topological polar surface area (TPSA) is 139 Å². The minimum absolute atomic E-state index is 0.0348. The maximum atomic E-state index is 13.0. The van der Waals surface area contributed by atoms with Crippen molar-refractivity contribution in [3.05, 3.63) is 112 Å². The fourth-order valence-electron chi connectivity index (χ4n) is 5.58. The highest BCUT2D eigenvalue weighted by atomic mass is 16.4. The SMILES string of the molecule is Cc1c(NC(=O)c2ccc(CCCCO)cn2)cccc1-c1ccnc(/C=C/c2ccc3c(c2)CCN(CC(=O)O)C3)c1C#N. The molecule has 1 aliphatic heterocycles. The van der Waals surface area contributed by atoms with E-state index in [2.05, 4.69) is 27.4 Å². The Morgan fingerprint density at radius 1 is 1.04 bits per heavy atom. The zero-order valence-electron chi connectivity index (χ0n) is 25.2. The number of fused-ring (bicyclic) bond motifs is 1. The molecule has 0 aliphatic carbocycles. The van der Waals surface area contributed by atoms with Crippen LogP contribution < -0.4 is 5.32 Å². The zero-order valence-corrected chi connectivity index (χ0v) is 25.2. The third kappa shape index (κ3) is 7.68. The summed E-state index contributed by atoms with van der Waals surface area (Å²) in [7, 11) is 0. The van der Waals surface area contributed by atoms with Crippen LogP contribution in [-0.4, -0.2) is 56.7 Å². The lowest BCUT2D eigenvalue weighted by Gasteiger charge is -2.27. The van der Waals surface area contributed by atoms with Gasteiger partial charge in [-0.2, -0.15) is 5.26 Å². The van der Waals surface area contributed by atoms with Crippen molar-refractivity contribution in [2.75, 3.05) is 25.0 Å². The van der Waals surface area contributed by atoms with Crippen LogP contribution in [0.1, 0.15) is 62.4 Å². The number of aliphatic carboxylic acids is 1. The number of nitriles is 1. The normalized spacial score (nSPS) is 12.9. The van der Waals surface area contributed by atoms with E-state index in [0.29, 0.717) is 35.7 Å². The number of nitrogens with zero attached hydrogens (tertiary/aromatic N) is 4. The van der Waals surface area contributed by atoms with E-state index in [1.807, 2.05) is 66.4 Å². The smallest absolute Gasteiger partial charge is 0.317 e. The number of aliphatic hydroxyl groups is 1. The predicted octanol–water partition coefficient (Wildman–Crippen LogP) is 5.50. The van der Waals surface area contributed by atoms with Crippen LogP contribution in [0.15, 0.2) is 67.0 Å². The number of carboxylic acids is 1. The highest BCUT2D eigenvalue weighted by molar-refractivity contribution is 6.03. The van der Waals surface area contributed by atoms with Crippen LogP contribution in [0.5, 0.6) is 0 Å². The molecule has 2 aromatic carbocycles. The van der Waals surface area contributed by atoms with Gasteiger partial charge >= 0.3 is 5.97 Å². The van der Waals surface area contributed by atoms with Gasteiger partial charge in [0, 0.05) is 43.3 Å². The molecule has 3 heterocycles. The van der Waals surface area contributed by atoms with E-state index >= 15 is 0 Å². The molecule has 0 spiro atoms. The van der Waals surface area contributed by atoms with Crippen LogP contribution in [0.4, 0.5) is 5.69 Å². The number of aryl methyl sites for hydroxylation is 1. The molecule has 0 saturated carbocycles. The van der Waals surface area contributed by atoms with Crippen molar-refractivity contribution in [2.24, 2.45) is 0 Å². The fraction of sp³-hybridized carbons (Fsp3) is 0.250. The first-order valence-electron chi connectivity index (χ1n) is 15.0. The van der Waals surface area contributed by atoms with Gasteiger partial charge in [-0.15, -0.1) is 0 Å². The van der Waals surface area contributed by atoms with Crippen molar-refractivity contribution in [2.45, 2.75) is 39.2 Å². The first-order valence-corrected chi connectivity index (χ1v) is 15.0. The number of hydrogen-bond acceptors (Lipinski definition) is 7. The number of carbonyl (C=O) groups is 2. The average molecular weight is 602 g/mol. The van der Waals surface area contributed by atoms with Crippen LogP contribution in [0.3, 0.4) is 0 Å². The molecule has 9 heteroatoms. The second-order valence-corrected chi connectivity index (χ2v) is 11.1. The number of anilines is 1. The molecule has 228 valence electrons. The Balaban J connectivity index is 1.34. The lowest BCUT2D eigenvalue weighted by Crippen LogP contribution is -2.34. The second-order valence-electron chi connectivity index (χ2n) is 11.1. The standard InChI is InChI=1S/C36H35N5O4/c1-24-29(6-4-7-32(24)40-36(45)34-13-10-26(21-39-34)5-2-3-18-42)30-14-16-38-33(31(30)20-37)12-9-25-8-11-28-22-41(23-35(43)44)17-15-27(28)19-25/h4,6-14,16,19,21,42H,2-3,5,15,17-18,22-23H2,1H3,(H,40,45)(H,43,44)/b12-9+. The number of nitrogens with one attached hydrogen (secondary N) is 1. The Labute approximate surface area is 262 Å². The quantitative estimate of drug-likeness (QED) is 0.192. The van der Waals surface area contributed by atoms with Crippen LogP contribution in [0, 0.1) is 18.3 Å². The molecule has 3 N–H and O–H groups in total. The van der Waals surface area contributed by atoms with E-state index in [1.54, 1.807) is 18.5 Å². The number of carbonyl (C=O) groups excluding carboxylic acids is 1. The summed E-state index contributed by atoms with van der Waals surface area (Å²) in [5.74, 6) is -1.15. The molecule has 0 radical (unpaired) electrons. The van der Waals surface area contributed by atoms with Gasteiger partial charge < -0.3 is 15.5 Å². The molecule has 0 fully saturated rings. The summed E-state index contributed by atoms with van der Waals surface area (Å²) >= 11 is 0. The van der Waals surface area contributed by atoms with Crippen molar-refractivity contribution in [3.8, 4) is 17.2 Å². The van der Waals surface area contributed by atoms with Gasteiger partial charge in [0.1, 0.15) is 11.8 Å². The first kappa shape index (κ1) is 31.3. The third-order valence-electron chi connectivity index (χ3n) is 8.01. The number of unbranched alkanes of at least 4 members (excludes halogenated alkanes) is 1. The molecule has 2 aromatic heterocycles. The van der Waals surface area contributed by atoms with Gasteiger partial charge in [0.2, 0.25) is 0 Å². The van der Waals surface area contributed by atoms with Crippen LogP contribution in [0.2, 0.25) is 0 Å². The molecular formula is C36H35N5O4. The summed E-state index contributed by atoms with van der Waals surface area (Å²) in [4.78, 5) is 34.9. The Bertz CT molecular complexity index is 1780. The van der Waals surface area contributed by atoms with Crippen molar-refractivity contribution in [1.29, 1.82) is 5.26 Å². The summed E-state index contributed by atoms with van der Waals surface area (Å²) in [6.45, 7) is 3.41. The summed E-state index contributed by atoms with van der Waals surface area (Å²) in [6.07, 6.45) is 10.3. The minimum Gasteiger partial charge on any atom is -0.480 e. The highest BCUT2D eigenvalue weighted by Crippen LogP contribution is 2.32. The summed E-state index contributed by atoms with van der Waals surface area (Å²) in [5, 5.41) is 31.2. The van der Waals surface area contributed by atoms with Crippen LogP contribution in [0.25, 0.3) is 23.3 Å². The highest BCUT2D eigenvalue weighted by Gasteiger charge is 2.19. The fourth-order valence-corrected chi connectivity index (χ4v) is 5.58. The number of carboxylic acid groups (broad SMARTS) is 1. The van der Waals surface area contributed by atoms with E-state index in [0.717, 1.165) is 59.1 Å². The molecule has 0 unspecified atom stereocenters. The zero-order chi connectivity index (χ0) is 31.8. The second kappa shape index (κ2) is 14.5. The maximum Gasteiger partial charge on any atom is 0.317 e. The van der Waals surface area contributed by atoms with Crippen LogP contribution in [-0.2, 0) is 24.2 Å². The Morgan fingerprint density at radius 2 is 1.91 bits per heavy atom. The van der Waals surface area contributed by atoms with Gasteiger partial charge in [-0.05, 0) is 90.3 Å². The number of amides is 1. The Hall–Kier alpha value is -5.17. The monoisotopic (exact) mass is 601 g/mol. The Morgan fingerprint density at radius 3 is 2.67 bits per heavy atom. The molecule has 5 rings (SSSR count). The molecule has 45 heavy (non-hydrogen) atoms. The number of aliphatic hydroxyl groups excluding tert-OH is 1. The van der Waals surface area contributed by atoms with Crippen molar-refractivity contribution >= 4 is 29.7 Å². The summed E-state index contributed by atoms with van der Waals surface area (Å²) < 4.78 is 0. The predicted molar refractivity (Wildman–Crippen MR) is 173 cm³/mol. The largest absolute Gasteiger partial charge is 0.480 e. The van der Waals surface area contributed by atoms with E-state index in [9.17, 15) is 14.9 Å². The molecular weight excluding hydrogens is 566 g/mol. The molecule has 0 bridgehead atoms.